The fraction of sp³-hybridized carbons (Fsp3) is 0.222. The number of aryl methyl sites for hydroxylation is 1. The molecule has 1 aliphatic heterocycles. The molecule has 29 heavy (non-hydrogen) atoms. The molecule has 5 rings (SSSR count). The Morgan fingerprint density at radius 3 is 1.90 bits per heavy atom. The molecule has 0 atom stereocenters. The van der Waals surface area contributed by atoms with Crippen molar-refractivity contribution in [3.05, 3.63) is 107 Å². The minimum absolute atomic E-state index is 0.171. The van der Waals surface area contributed by atoms with E-state index in [0.717, 1.165) is 24.3 Å². The smallest absolute Gasteiger partial charge is 0.0726 e. The third-order valence-electron chi connectivity index (χ3n) is 6.07. The Kier molecular flexibility index (Phi) is 4.77. The molecule has 0 N–H and O–H groups in total. The molecule has 3 aromatic carbocycles. The second kappa shape index (κ2) is 7.71. The van der Waals surface area contributed by atoms with Crippen molar-refractivity contribution in [2.45, 2.75) is 25.7 Å². The van der Waals surface area contributed by atoms with Gasteiger partial charge in [-0.3, -0.25) is 4.98 Å². The van der Waals surface area contributed by atoms with Crippen molar-refractivity contribution in [3.8, 4) is 0 Å². The van der Waals surface area contributed by atoms with E-state index in [1.165, 1.54) is 40.6 Å². The molecule has 144 valence electrons. The monoisotopic (exact) mass is 378 g/mol. The first-order valence-electron chi connectivity index (χ1n) is 10.6. The van der Waals surface area contributed by atoms with E-state index in [1.54, 1.807) is 0 Å². The van der Waals surface area contributed by atoms with Crippen LogP contribution in [-0.4, -0.2) is 18.1 Å². The number of pyridine rings is 1. The van der Waals surface area contributed by atoms with Crippen LogP contribution in [0.5, 0.6) is 0 Å². The Balaban J connectivity index is 1.83. The van der Waals surface area contributed by atoms with Crippen molar-refractivity contribution < 1.29 is 0 Å². The zero-order valence-electron chi connectivity index (χ0n) is 16.9. The van der Waals surface area contributed by atoms with Gasteiger partial charge in [0, 0.05) is 35.7 Å². The second-order valence-electron chi connectivity index (χ2n) is 7.93. The summed E-state index contributed by atoms with van der Waals surface area (Å²) in [4.78, 5) is 7.64. The number of aromatic nitrogens is 1. The van der Waals surface area contributed by atoms with Crippen molar-refractivity contribution in [2.24, 2.45) is 0 Å². The quantitative estimate of drug-likeness (QED) is 0.413. The van der Waals surface area contributed by atoms with Gasteiger partial charge in [0.05, 0.1) is 11.2 Å². The Morgan fingerprint density at radius 2 is 1.28 bits per heavy atom. The van der Waals surface area contributed by atoms with Gasteiger partial charge in [0.2, 0.25) is 0 Å². The van der Waals surface area contributed by atoms with Gasteiger partial charge in [-0.05, 0) is 37.0 Å². The number of fused-ring (bicyclic) bond motifs is 1. The van der Waals surface area contributed by atoms with Crippen LogP contribution in [0.1, 0.15) is 41.1 Å². The second-order valence-corrected chi connectivity index (χ2v) is 7.93. The van der Waals surface area contributed by atoms with Gasteiger partial charge < -0.3 is 4.90 Å². The first kappa shape index (κ1) is 17.9. The molecule has 0 aliphatic carbocycles. The summed E-state index contributed by atoms with van der Waals surface area (Å²) in [6.07, 6.45) is 2.52. The fourth-order valence-electron chi connectivity index (χ4n) is 4.77. The molecule has 2 heteroatoms. The van der Waals surface area contributed by atoms with E-state index in [1.807, 2.05) is 0 Å². The number of hydrogen-bond acceptors (Lipinski definition) is 2. The van der Waals surface area contributed by atoms with E-state index in [-0.39, 0.29) is 5.92 Å². The Morgan fingerprint density at radius 1 is 0.724 bits per heavy atom. The zero-order valence-corrected chi connectivity index (χ0v) is 16.9. The molecule has 1 aliphatic rings. The van der Waals surface area contributed by atoms with Gasteiger partial charge in [-0.15, -0.1) is 0 Å². The lowest BCUT2D eigenvalue weighted by Gasteiger charge is -2.29. The third kappa shape index (κ3) is 3.29. The van der Waals surface area contributed by atoms with Gasteiger partial charge in [0.1, 0.15) is 0 Å². The number of anilines is 1. The first-order valence-corrected chi connectivity index (χ1v) is 10.6. The summed E-state index contributed by atoms with van der Waals surface area (Å²) in [6, 6.07) is 30.4. The van der Waals surface area contributed by atoms with Crippen LogP contribution in [0.4, 0.5) is 5.69 Å². The van der Waals surface area contributed by atoms with Crippen LogP contribution < -0.4 is 4.90 Å². The highest BCUT2D eigenvalue weighted by Crippen LogP contribution is 2.43. The van der Waals surface area contributed by atoms with Gasteiger partial charge in [0.25, 0.3) is 0 Å². The molecular formula is C27H26N2. The van der Waals surface area contributed by atoms with Crippen LogP contribution in [0.25, 0.3) is 10.9 Å². The standard InChI is InChI=1S/C27H26N2/c1-20-25(26(21-12-4-2-5-13-21)22-14-6-3-7-15-22)27(29-18-10-11-19-29)23-16-8-9-17-24(23)28-20/h2-9,12-17,26H,10-11,18-19H2,1H3. The molecular weight excluding hydrogens is 352 g/mol. The minimum atomic E-state index is 0.171. The van der Waals surface area contributed by atoms with E-state index in [4.69, 9.17) is 4.98 Å². The molecule has 1 aromatic heterocycles. The highest BCUT2D eigenvalue weighted by atomic mass is 15.1. The van der Waals surface area contributed by atoms with E-state index in [9.17, 15) is 0 Å². The van der Waals surface area contributed by atoms with Gasteiger partial charge in [-0.2, -0.15) is 0 Å². The molecule has 2 heterocycles. The lowest BCUT2D eigenvalue weighted by atomic mass is 9.82. The summed E-state index contributed by atoms with van der Waals surface area (Å²) < 4.78 is 0. The molecule has 1 saturated heterocycles. The minimum Gasteiger partial charge on any atom is -0.371 e. The van der Waals surface area contributed by atoms with Crippen LogP contribution in [-0.2, 0) is 0 Å². The maximum Gasteiger partial charge on any atom is 0.0726 e. The summed E-state index contributed by atoms with van der Waals surface area (Å²) >= 11 is 0. The van der Waals surface area contributed by atoms with E-state index in [0.29, 0.717) is 0 Å². The maximum atomic E-state index is 5.05. The zero-order chi connectivity index (χ0) is 19.6. The summed E-state index contributed by atoms with van der Waals surface area (Å²) in [5.74, 6) is 0.171. The molecule has 0 bridgehead atoms. The van der Waals surface area contributed by atoms with Crippen molar-refractivity contribution in [2.75, 3.05) is 18.0 Å². The molecule has 1 fully saturated rings. The molecule has 0 saturated carbocycles. The largest absolute Gasteiger partial charge is 0.371 e. The predicted octanol–water partition coefficient (Wildman–Crippen LogP) is 6.32. The lowest BCUT2D eigenvalue weighted by Crippen LogP contribution is -2.22. The summed E-state index contributed by atoms with van der Waals surface area (Å²) in [6.45, 7) is 4.42. The number of hydrogen-bond donors (Lipinski definition) is 0. The van der Waals surface area contributed by atoms with Gasteiger partial charge in [-0.25, -0.2) is 0 Å². The van der Waals surface area contributed by atoms with Crippen molar-refractivity contribution in [3.63, 3.8) is 0 Å². The van der Waals surface area contributed by atoms with Crippen LogP contribution in [0.15, 0.2) is 84.9 Å². The average molecular weight is 379 g/mol. The summed E-state index contributed by atoms with van der Waals surface area (Å²) in [5, 5.41) is 1.27. The Hall–Kier alpha value is -3.13. The fourth-order valence-corrected chi connectivity index (χ4v) is 4.77. The maximum absolute atomic E-state index is 5.05. The van der Waals surface area contributed by atoms with Gasteiger partial charge >= 0.3 is 0 Å². The molecule has 0 radical (unpaired) electrons. The number of para-hydroxylation sites is 1. The van der Waals surface area contributed by atoms with E-state index in [2.05, 4.69) is 96.8 Å². The SMILES string of the molecule is Cc1nc2ccccc2c(N2CCCC2)c1C(c1ccccc1)c1ccccc1. The summed E-state index contributed by atoms with van der Waals surface area (Å²) in [7, 11) is 0. The molecule has 2 nitrogen and oxygen atoms in total. The van der Waals surface area contributed by atoms with Crippen molar-refractivity contribution >= 4 is 16.6 Å². The van der Waals surface area contributed by atoms with Crippen molar-refractivity contribution in [1.82, 2.24) is 4.98 Å². The van der Waals surface area contributed by atoms with Crippen LogP contribution in [0, 0.1) is 6.92 Å². The molecule has 0 unspecified atom stereocenters. The van der Waals surface area contributed by atoms with E-state index < -0.39 is 0 Å². The Labute approximate surface area is 172 Å². The van der Waals surface area contributed by atoms with Crippen LogP contribution in [0.2, 0.25) is 0 Å². The molecule has 4 aromatic rings. The highest BCUT2D eigenvalue weighted by Gasteiger charge is 2.28. The lowest BCUT2D eigenvalue weighted by molar-refractivity contribution is 0.901. The molecule has 0 amide bonds. The first-order chi connectivity index (χ1) is 14.3. The normalized spacial score (nSPS) is 14.1. The highest BCUT2D eigenvalue weighted by molar-refractivity contribution is 5.95. The Bertz CT molecular complexity index is 1070. The van der Waals surface area contributed by atoms with Gasteiger partial charge in [-0.1, -0.05) is 78.9 Å². The number of rotatable bonds is 4. The number of benzene rings is 3. The van der Waals surface area contributed by atoms with E-state index >= 15 is 0 Å². The van der Waals surface area contributed by atoms with Crippen LogP contribution in [0.3, 0.4) is 0 Å². The predicted molar refractivity (Wildman–Crippen MR) is 122 cm³/mol. The topological polar surface area (TPSA) is 16.1 Å². The molecule has 0 spiro atoms. The van der Waals surface area contributed by atoms with Crippen molar-refractivity contribution in [1.29, 1.82) is 0 Å². The third-order valence-corrected chi connectivity index (χ3v) is 6.07. The van der Waals surface area contributed by atoms with Crippen LogP contribution >= 0.6 is 0 Å². The summed E-state index contributed by atoms with van der Waals surface area (Å²) in [5.41, 5.74) is 7.59. The van der Waals surface area contributed by atoms with Gasteiger partial charge in [0.15, 0.2) is 0 Å². The average Bonchev–Trinajstić information content (AvgIpc) is 3.30. The number of nitrogens with zero attached hydrogens (tertiary/aromatic N) is 2.